The van der Waals surface area contributed by atoms with Crippen LogP contribution >= 0.6 is 11.8 Å². The van der Waals surface area contributed by atoms with E-state index in [-0.39, 0.29) is 16.4 Å². The second-order valence-electron chi connectivity index (χ2n) is 7.03. The number of non-ortho nitro benzene ring substituents is 1. The maximum absolute atomic E-state index is 12.7. The van der Waals surface area contributed by atoms with E-state index in [0.717, 1.165) is 4.90 Å². The Bertz CT molecular complexity index is 1330. The Morgan fingerprint density at radius 1 is 1.18 bits per heavy atom. The summed E-state index contributed by atoms with van der Waals surface area (Å²) < 4.78 is 10.9. The van der Waals surface area contributed by atoms with E-state index < -0.39 is 28.5 Å². The van der Waals surface area contributed by atoms with Gasteiger partial charge in [0.15, 0.2) is 0 Å². The molecule has 1 aliphatic heterocycles. The molecule has 0 spiro atoms. The van der Waals surface area contributed by atoms with Crippen LogP contribution < -0.4 is 10.1 Å². The summed E-state index contributed by atoms with van der Waals surface area (Å²) in [6.45, 7) is -0.461. The average Bonchev–Trinajstić information content (AvgIpc) is 3.40. The number of hydrogen-bond acceptors (Lipinski definition) is 8. The van der Waals surface area contributed by atoms with Crippen LogP contribution in [0, 0.1) is 10.1 Å². The minimum Gasteiger partial charge on any atom is -0.495 e. The SMILES string of the molecule is COc1ccccc1NC(=O)CN1C(=O)S/C(=C/c2ccc(-c3cccc([N+](=O)[O-])c3)o2)C1=O. The van der Waals surface area contributed by atoms with Crippen LogP contribution in [0.1, 0.15) is 5.76 Å². The van der Waals surface area contributed by atoms with Gasteiger partial charge in [-0.3, -0.25) is 29.4 Å². The fourth-order valence-corrected chi connectivity index (χ4v) is 4.02. The number of thioether (sulfide) groups is 1. The van der Waals surface area contributed by atoms with E-state index >= 15 is 0 Å². The lowest BCUT2D eigenvalue weighted by molar-refractivity contribution is -0.384. The lowest BCUT2D eigenvalue weighted by Gasteiger charge is -2.14. The molecule has 2 heterocycles. The van der Waals surface area contributed by atoms with Crippen LogP contribution in [0.5, 0.6) is 5.75 Å². The number of amides is 3. The zero-order valence-corrected chi connectivity index (χ0v) is 18.5. The monoisotopic (exact) mass is 479 g/mol. The quantitative estimate of drug-likeness (QED) is 0.297. The molecule has 3 aromatic rings. The van der Waals surface area contributed by atoms with Crippen molar-refractivity contribution in [2.75, 3.05) is 19.0 Å². The van der Waals surface area contributed by atoms with Crippen LogP contribution in [0.4, 0.5) is 16.2 Å². The number of rotatable bonds is 7. The van der Waals surface area contributed by atoms with Gasteiger partial charge in [0.2, 0.25) is 5.91 Å². The molecule has 10 nitrogen and oxygen atoms in total. The smallest absolute Gasteiger partial charge is 0.294 e. The number of anilines is 1. The van der Waals surface area contributed by atoms with Gasteiger partial charge in [0, 0.05) is 23.8 Å². The number of nitrogens with zero attached hydrogens (tertiary/aromatic N) is 2. The average molecular weight is 479 g/mol. The number of nitro benzene ring substituents is 1. The van der Waals surface area contributed by atoms with Crippen LogP contribution in [0.25, 0.3) is 17.4 Å². The fraction of sp³-hybridized carbons (Fsp3) is 0.0870. The normalized spacial score (nSPS) is 14.5. The number of carbonyl (C=O) groups excluding carboxylic acids is 3. The summed E-state index contributed by atoms with van der Waals surface area (Å²) >= 11 is 0.689. The zero-order chi connectivity index (χ0) is 24.2. The van der Waals surface area contributed by atoms with Crippen LogP contribution in [0.2, 0.25) is 0 Å². The van der Waals surface area contributed by atoms with Gasteiger partial charge in [0.25, 0.3) is 16.8 Å². The summed E-state index contributed by atoms with van der Waals surface area (Å²) in [4.78, 5) is 48.9. The van der Waals surface area contributed by atoms with Gasteiger partial charge >= 0.3 is 0 Å². The number of benzene rings is 2. The Morgan fingerprint density at radius 2 is 1.97 bits per heavy atom. The first-order chi connectivity index (χ1) is 16.4. The molecule has 4 rings (SSSR count). The highest BCUT2D eigenvalue weighted by Crippen LogP contribution is 2.34. The number of imide groups is 1. The highest BCUT2D eigenvalue weighted by atomic mass is 32.2. The van der Waals surface area contributed by atoms with Crippen LogP contribution in [-0.4, -0.2) is 40.5 Å². The van der Waals surface area contributed by atoms with Crippen LogP contribution in [0.3, 0.4) is 0 Å². The minimum absolute atomic E-state index is 0.0806. The van der Waals surface area contributed by atoms with E-state index in [9.17, 15) is 24.5 Å². The minimum atomic E-state index is -0.626. The van der Waals surface area contributed by atoms with Crippen molar-refractivity contribution in [3.05, 3.63) is 81.4 Å². The largest absolute Gasteiger partial charge is 0.495 e. The predicted molar refractivity (Wildman–Crippen MR) is 125 cm³/mol. The maximum Gasteiger partial charge on any atom is 0.294 e. The molecule has 2 aromatic carbocycles. The van der Waals surface area contributed by atoms with Gasteiger partial charge in [-0.05, 0) is 36.0 Å². The number of hydrogen-bond donors (Lipinski definition) is 1. The summed E-state index contributed by atoms with van der Waals surface area (Å²) in [5, 5.41) is 13.0. The molecule has 1 saturated heterocycles. The zero-order valence-electron chi connectivity index (χ0n) is 17.7. The Labute approximate surface area is 197 Å². The fourth-order valence-electron chi connectivity index (χ4n) is 3.21. The van der Waals surface area contributed by atoms with Crippen LogP contribution in [0.15, 0.2) is 70.0 Å². The van der Waals surface area contributed by atoms with E-state index in [2.05, 4.69) is 5.32 Å². The molecule has 0 aliphatic carbocycles. The molecule has 0 atom stereocenters. The molecule has 0 bridgehead atoms. The number of nitro groups is 1. The Kier molecular flexibility index (Phi) is 6.46. The molecule has 34 heavy (non-hydrogen) atoms. The van der Waals surface area contributed by atoms with E-state index in [4.69, 9.17) is 9.15 Å². The number of methoxy groups -OCH3 is 1. The Morgan fingerprint density at radius 3 is 2.74 bits per heavy atom. The predicted octanol–water partition coefficient (Wildman–Crippen LogP) is 4.54. The van der Waals surface area contributed by atoms with Crippen LogP contribution in [-0.2, 0) is 9.59 Å². The van der Waals surface area contributed by atoms with Gasteiger partial charge in [-0.2, -0.15) is 0 Å². The molecule has 1 fully saturated rings. The molecule has 1 N–H and O–H groups in total. The van der Waals surface area contributed by atoms with Gasteiger partial charge in [-0.15, -0.1) is 0 Å². The molecular weight excluding hydrogens is 462 g/mol. The first-order valence-corrected chi connectivity index (χ1v) is 10.7. The molecular formula is C23H17N3O7S. The first-order valence-electron chi connectivity index (χ1n) is 9.88. The number of ether oxygens (including phenoxy) is 1. The lowest BCUT2D eigenvalue weighted by Crippen LogP contribution is -2.36. The van der Waals surface area contributed by atoms with Gasteiger partial charge in [-0.25, -0.2) is 0 Å². The number of furan rings is 1. The van der Waals surface area contributed by atoms with Crippen molar-refractivity contribution in [2.45, 2.75) is 0 Å². The standard InChI is InChI=1S/C23H17N3O7S/c1-32-19-8-3-2-7-17(19)24-21(27)13-25-22(28)20(34-23(25)29)12-16-9-10-18(33-16)14-5-4-6-15(11-14)26(30)31/h2-12H,13H2,1H3,(H,24,27)/b20-12+. The van der Waals surface area contributed by atoms with Crippen molar-refractivity contribution >= 4 is 46.3 Å². The Balaban J connectivity index is 1.46. The molecule has 3 amide bonds. The molecule has 0 unspecified atom stereocenters. The molecule has 0 radical (unpaired) electrons. The van der Waals surface area contributed by atoms with E-state index in [1.165, 1.54) is 31.4 Å². The van der Waals surface area contributed by atoms with Gasteiger partial charge < -0.3 is 14.5 Å². The second kappa shape index (κ2) is 9.63. The van der Waals surface area contributed by atoms with Crippen molar-refractivity contribution in [1.29, 1.82) is 0 Å². The van der Waals surface area contributed by atoms with E-state index in [1.807, 2.05) is 0 Å². The van der Waals surface area contributed by atoms with Crippen molar-refractivity contribution in [3.8, 4) is 17.1 Å². The van der Waals surface area contributed by atoms with Crippen molar-refractivity contribution in [1.82, 2.24) is 4.90 Å². The molecule has 1 aromatic heterocycles. The summed E-state index contributed by atoms with van der Waals surface area (Å²) in [7, 11) is 1.46. The third-order valence-corrected chi connectivity index (χ3v) is 5.71. The molecule has 11 heteroatoms. The molecule has 0 saturated carbocycles. The third-order valence-electron chi connectivity index (χ3n) is 4.80. The second-order valence-corrected chi connectivity index (χ2v) is 8.02. The highest BCUT2D eigenvalue weighted by molar-refractivity contribution is 8.18. The topological polar surface area (TPSA) is 132 Å². The molecule has 172 valence electrons. The number of nitrogens with one attached hydrogen (secondary N) is 1. The highest BCUT2D eigenvalue weighted by Gasteiger charge is 2.36. The summed E-state index contributed by atoms with van der Waals surface area (Å²) in [6, 6.07) is 15.9. The third kappa shape index (κ3) is 4.84. The van der Waals surface area contributed by atoms with Gasteiger partial charge in [-0.1, -0.05) is 24.3 Å². The number of carbonyl (C=O) groups is 3. The van der Waals surface area contributed by atoms with Gasteiger partial charge in [0.1, 0.15) is 23.8 Å². The number of para-hydroxylation sites is 2. The van der Waals surface area contributed by atoms with Crippen molar-refractivity contribution < 1.29 is 28.5 Å². The summed E-state index contributed by atoms with van der Waals surface area (Å²) in [5.41, 5.74) is 0.833. The van der Waals surface area contributed by atoms with E-state index in [0.29, 0.717) is 34.5 Å². The van der Waals surface area contributed by atoms with E-state index in [1.54, 1.807) is 42.5 Å². The maximum atomic E-state index is 12.7. The molecule has 1 aliphatic rings. The van der Waals surface area contributed by atoms with Crippen molar-refractivity contribution in [3.63, 3.8) is 0 Å². The summed E-state index contributed by atoms with van der Waals surface area (Å²) in [6.07, 6.45) is 1.39. The summed E-state index contributed by atoms with van der Waals surface area (Å²) in [5.74, 6) is -0.0874. The first kappa shape index (κ1) is 22.8. The van der Waals surface area contributed by atoms with Gasteiger partial charge in [0.05, 0.1) is 22.6 Å². The lowest BCUT2D eigenvalue weighted by atomic mass is 10.1. The Hall–Kier alpha value is -4.38. The van der Waals surface area contributed by atoms with Crippen molar-refractivity contribution in [2.24, 2.45) is 0 Å².